The Morgan fingerprint density at radius 3 is 2.67 bits per heavy atom. The molecule has 0 fully saturated rings. The number of aromatic nitrogens is 7. The largest absolute Gasteiger partial charge is 0.497 e. The van der Waals surface area contributed by atoms with Gasteiger partial charge in [0.05, 0.1) is 19.0 Å². The predicted octanol–water partition coefficient (Wildman–Crippen LogP) is 1.70. The third-order valence-corrected chi connectivity index (χ3v) is 3.46. The van der Waals surface area contributed by atoms with Crippen molar-refractivity contribution in [2.45, 2.75) is 0 Å². The van der Waals surface area contributed by atoms with Crippen molar-refractivity contribution in [1.82, 2.24) is 34.7 Å². The zero-order valence-corrected chi connectivity index (χ0v) is 13.1. The summed E-state index contributed by atoms with van der Waals surface area (Å²) in [7, 11) is 3.47. The summed E-state index contributed by atoms with van der Waals surface area (Å²) in [5.41, 5.74) is 2.05. The van der Waals surface area contributed by atoms with Crippen molar-refractivity contribution in [2.75, 3.05) is 12.4 Å². The van der Waals surface area contributed by atoms with Crippen molar-refractivity contribution >= 4 is 22.9 Å². The number of hydrogen-bond acceptors (Lipinski definition) is 7. The van der Waals surface area contributed by atoms with Crippen molar-refractivity contribution < 1.29 is 4.74 Å². The Kier molecular flexibility index (Phi) is 3.30. The van der Waals surface area contributed by atoms with Gasteiger partial charge < -0.3 is 10.1 Å². The van der Waals surface area contributed by atoms with Crippen LogP contribution in [0.4, 0.5) is 11.8 Å². The Morgan fingerprint density at radius 2 is 1.96 bits per heavy atom. The van der Waals surface area contributed by atoms with E-state index in [1.54, 1.807) is 22.7 Å². The average molecular weight is 322 g/mol. The number of hydrogen-bond donors (Lipinski definition) is 1. The summed E-state index contributed by atoms with van der Waals surface area (Å²) in [6.07, 6.45) is 3.46. The number of benzene rings is 1. The van der Waals surface area contributed by atoms with Crippen molar-refractivity contribution in [3.05, 3.63) is 42.7 Å². The molecule has 0 aliphatic rings. The topological polar surface area (TPSA) is 95.6 Å². The van der Waals surface area contributed by atoms with Gasteiger partial charge in [0, 0.05) is 19.3 Å². The summed E-state index contributed by atoms with van der Waals surface area (Å²) in [6, 6.07) is 9.34. The summed E-state index contributed by atoms with van der Waals surface area (Å²) in [4.78, 5) is 8.73. The third-order valence-electron chi connectivity index (χ3n) is 3.46. The number of anilines is 2. The fourth-order valence-corrected chi connectivity index (χ4v) is 2.28. The third kappa shape index (κ3) is 2.51. The van der Waals surface area contributed by atoms with Crippen molar-refractivity contribution in [2.24, 2.45) is 7.05 Å². The molecular formula is C15H14N8O. The Morgan fingerprint density at radius 1 is 1.12 bits per heavy atom. The van der Waals surface area contributed by atoms with Crippen LogP contribution in [0, 0.1) is 0 Å². The maximum atomic E-state index is 5.17. The van der Waals surface area contributed by atoms with Crippen LogP contribution < -0.4 is 10.1 Å². The van der Waals surface area contributed by atoms with Gasteiger partial charge in [-0.1, -0.05) is 5.21 Å². The highest BCUT2D eigenvalue weighted by Gasteiger charge is 2.11. The fourth-order valence-electron chi connectivity index (χ4n) is 2.28. The second kappa shape index (κ2) is 5.61. The van der Waals surface area contributed by atoms with Gasteiger partial charge in [-0.3, -0.25) is 4.68 Å². The number of nitrogens with zero attached hydrogens (tertiary/aromatic N) is 7. The quantitative estimate of drug-likeness (QED) is 0.611. The Bertz CT molecular complexity index is 988. The lowest BCUT2D eigenvalue weighted by Crippen LogP contribution is -2.02. The molecule has 0 spiro atoms. The Balaban J connectivity index is 1.72. The predicted molar refractivity (Wildman–Crippen MR) is 87.5 cm³/mol. The molecule has 3 heterocycles. The van der Waals surface area contributed by atoms with Gasteiger partial charge in [0.2, 0.25) is 5.95 Å². The number of nitrogens with one attached hydrogen (secondary N) is 1. The zero-order valence-electron chi connectivity index (χ0n) is 13.1. The molecule has 0 saturated carbocycles. The van der Waals surface area contributed by atoms with Gasteiger partial charge in [0.15, 0.2) is 17.0 Å². The van der Waals surface area contributed by atoms with Crippen LogP contribution >= 0.6 is 0 Å². The summed E-state index contributed by atoms with van der Waals surface area (Å²) in [6.45, 7) is 0. The first-order valence-electron chi connectivity index (χ1n) is 7.22. The maximum Gasteiger partial charge on any atom is 0.230 e. The molecule has 4 aromatic rings. The molecule has 0 bridgehead atoms. The molecule has 120 valence electrons. The number of rotatable bonds is 4. The Hall–Kier alpha value is -3.49. The molecule has 0 radical (unpaired) electrons. The maximum absolute atomic E-state index is 5.17. The monoisotopic (exact) mass is 322 g/mol. The van der Waals surface area contributed by atoms with Crippen molar-refractivity contribution in [1.29, 1.82) is 0 Å². The number of aryl methyl sites for hydroxylation is 1. The van der Waals surface area contributed by atoms with Crippen LogP contribution in [-0.4, -0.2) is 41.9 Å². The van der Waals surface area contributed by atoms with E-state index in [9.17, 15) is 0 Å². The van der Waals surface area contributed by atoms with Crippen LogP contribution in [0.15, 0.2) is 42.7 Å². The minimum absolute atomic E-state index is 0.429. The average Bonchev–Trinajstić information content (AvgIpc) is 3.21. The van der Waals surface area contributed by atoms with E-state index < -0.39 is 0 Å². The summed E-state index contributed by atoms with van der Waals surface area (Å²) in [5.74, 6) is 1.87. The smallest absolute Gasteiger partial charge is 0.230 e. The summed E-state index contributed by atoms with van der Waals surface area (Å²) in [5, 5.41) is 15.6. The molecule has 4 rings (SSSR count). The first kappa shape index (κ1) is 14.1. The minimum Gasteiger partial charge on any atom is -0.497 e. The highest BCUT2D eigenvalue weighted by Crippen LogP contribution is 2.19. The van der Waals surface area contributed by atoms with Gasteiger partial charge in [-0.15, -0.1) is 5.10 Å². The van der Waals surface area contributed by atoms with Crippen LogP contribution in [-0.2, 0) is 7.05 Å². The molecule has 0 saturated heterocycles. The molecule has 0 unspecified atom stereocenters. The molecule has 1 aromatic carbocycles. The summed E-state index contributed by atoms with van der Waals surface area (Å²) >= 11 is 0. The highest BCUT2D eigenvalue weighted by atomic mass is 16.5. The first-order chi connectivity index (χ1) is 11.7. The van der Waals surface area contributed by atoms with Crippen LogP contribution in [0.2, 0.25) is 0 Å². The highest BCUT2D eigenvalue weighted by molar-refractivity contribution is 5.72. The molecule has 0 aliphatic carbocycles. The van der Waals surface area contributed by atoms with E-state index in [1.807, 2.05) is 43.6 Å². The van der Waals surface area contributed by atoms with Crippen molar-refractivity contribution in [3.63, 3.8) is 0 Å². The van der Waals surface area contributed by atoms with Crippen molar-refractivity contribution in [3.8, 4) is 11.4 Å². The Labute approximate surface area is 136 Å². The zero-order chi connectivity index (χ0) is 16.5. The van der Waals surface area contributed by atoms with Gasteiger partial charge >= 0.3 is 0 Å². The lowest BCUT2D eigenvalue weighted by Gasteiger charge is -2.04. The van der Waals surface area contributed by atoms with Crippen LogP contribution in [0.3, 0.4) is 0 Å². The first-order valence-corrected chi connectivity index (χ1v) is 7.22. The molecular weight excluding hydrogens is 308 g/mol. The van der Waals surface area contributed by atoms with E-state index in [2.05, 4.69) is 30.7 Å². The lowest BCUT2D eigenvalue weighted by molar-refractivity contribution is 0.414. The standard InChI is InChI=1S/C15H14N8O/c1-22-8-7-13(20-22)17-15-16-9-12-14(18-15)23(21-19-12)10-3-5-11(24-2)6-4-10/h3-9H,1-2H3,(H,16,17,18,20). The second-order valence-electron chi connectivity index (χ2n) is 5.10. The van der Waals surface area contributed by atoms with E-state index in [4.69, 9.17) is 4.74 Å². The van der Waals surface area contributed by atoms with E-state index in [-0.39, 0.29) is 0 Å². The molecule has 3 aromatic heterocycles. The van der Waals surface area contributed by atoms with Gasteiger partial charge in [-0.2, -0.15) is 14.8 Å². The van der Waals surface area contributed by atoms with E-state index in [0.29, 0.717) is 22.9 Å². The lowest BCUT2D eigenvalue weighted by atomic mass is 10.3. The van der Waals surface area contributed by atoms with Gasteiger partial charge in [-0.25, -0.2) is 4.98 Å². The molecule has 0 atom stereocenters. The number of fused-ring (bicyclic) bond motifs is 1. The SMILES string of the molecule is COc1ccc(-n2nnc3cnc(Nc4ccn(C)n4)nc32)cc1. The summed E-state index contributed by atoms with van der Waals surface area (Å²) < 4.78 is 8.52. The number of ether oxygens (including phenoxy) is 1. The molecule has 9 nitrogen and oxygen atoms in total. The number of methoxy groups -OCH3 is 1. The molecule has 1 N–H and O–H groups in total. The van der Waals surface area contributed by atoms with Crippen LogP contribution in [0.25, 0.3) is 16.9 Å². The van der Waals surface area contributed by atoms with Gasteiger partial charge in [-0.05, 0) is 24.3 Å². The molecule has 9 heteroatoms. The van der Waals surface area contributed by atoms with Crippen LogP contribution in [0.1, 0.15) is 0 Å². The van der Waals surface area contributed by atoms with Crippen LogP contribution in [0.5, 0.6) is 5.75 Å². The molecule has 0 amide bonds. The van der Waals surface area contributed by atoms with Gasteiger partial charge in [0.1, 0.15) is 5.75 Å². The minimum atomic E-state index is 0.429. The molecule has 24 heavy (non-hydrogen) atoms. The van der Waals surface area contributed by atoms with E-state index in [0.717, 1.165) is 11.4 Å². The normalized spacial score (nSPS) is 10.9. The van der Waals surface area contributed by atoms with E-state index >= 15 is 0 Å². The second-order valence-corrected chi connectivity index (χ2v) is 5.10. The van der Waals surface area contributed by atoms with E-state index in [1.165, 1.54) is 0 Å². The van der Waals surface area contributed by atoms with Gasteiger partial charge in [0.25, 0.3) is 0 Å². The molecule has 0 aliphatic heterocycles. The fraction of sp³-hybridized carbons (Fsp3) is 0.133.